The summed E-state index contributed by atoms with van der Waals surface area (Å²) in [6.45, 7) is 3.30. The Balaban J connectivity index is 1.13. The van der Waals surface area contributed by atoms with Crippen molar-refractivity contribution >= 4 is 16.8 Å². The van der Waals surface area contributed by atoms with Crippen molar-refractivity contribution in [2.75, 3.05) is 13.1 Å². The van der Waals surface area contributed by atoms with E-state index in [0.717, 1.165) is 49.1 Å². The first-order valence-electron chi connectivity index (χ1n) is 11.9. The predicted molar refractivity (Wildman–Crippen MR) is 135 cm³/mol. The summed E-state index contributed by atoms with van der Waals surface area (Å²) >= 11 is 0. The molecule has 34 heavy (non-hydrogen) atoms. The van der Waals surface area contributed by atoms with Crippen LogP contribution in [0.25, 0.3) is 10.9 Å². The van der Waals surface area contributed by atoms with E-state index in [-0.39, 0.29) is 11.9 Å². The molecule has 1 amide bonds. The lowest BCUT2D eigenvalue weighted by Gasteiger charge is -2.32. The van der Waals surface area contributed by atoms with Gasteiger partial charge >= 0.3 is 0 Å². The number of benzene rings is 3. The van der Waals surface area contributed by atoms with Gasteiger partial charge in [-0.05, 0) is 48.7 Å². The molecular formula is C29H29N3O2. The third kappa shape index (κ3) is 5.61. The zero-order valence-electron chi connectivity index (χ0n) is 19.2. The van der Waals surface area contributed by atoms with Gasteiger partial charge in [-0.25, -0.2) is 4.98 Å². The van der Waals surface area contributed by atoms with Crippen molar-refractivity contribution < 1.29 is 9.53 Å². The zero-order chi connectivity index (χ0) is 23.2. The highest BCUT2D eigenvalue weighted by Gasteiger charge is 2.21. The summed E-state index contributed by atoms with van der Waals surface area (Å²) in [5, 5.41) is 4.31. The van der Waals surface area contributed by atoms with Gasteiger partial charge in [0.05, 0.1) is 11.2 Å². The van der Waals surface area contributed by atoms with Gasteiger partial charge in [0.15, 0.2) is 0 Å². The van der Waals surface area contributed by atoms with E-state index in [2.05, 4.69) is 45.5 Å². The molecule has 5 nitrogen and oxygen atoms in total. The lowest BCUT2D eigenvalue weighted by molar-refractivity contribution is 0.0908. The molecule has 0 saturated carbocycles. The molecule has 1 aromatic heterocycles. The van der Waals surface area contributed by atoms with Crippen LogP contribution < -0.4 is 10.1 Å². The van der Waals surface area contributed by atoms with Crippen LogP contribution in [0.5, 0.6) is 5.75 Å². The fourth-order valence-corrected chi connectivity index (χ4v) is 4.42. The molecule has 0 unspecified atom stereocenters. The quantitative estimate of drug-likeness (QED) is 0.419. The molecule has 0 aliphatic carbocycles. The Labute approximate surface area is 200 Å². The highest BCUT2D eigenvalue weighted by Crippen LogP contribution is 2.18. The van der Waals surface area contributed by atoms with E-state index in [0.29, 0.717) is 17.9 Å². The highest BCUT2D eigenvalue weighted by atomic mass is 16.5. The molecule has 5 rings (SSSR count). The number of ether oxygens (including phenoxy) is 1. The van der Waals surface area contributed by atoms with Crippen LogP contribution in [0.15, 0.2) is 91.0 Å². The van der Waals surface area contributed by atoms with Gasteiger partial charge in [0.25, 0.3) is 5.91 Å². The minimum Gasteiger partial charge on any atom is -0.487 e. The Hall–Kier alpha value is -3.70. The number of aromatic nitrogens is 1. The Morgan fingerprint density at radius 1 is 0.912 bits per heavy atom. The molecular weight excluding hydrogens is 422 g/mol. The average molecular weight is 452 g/mol. The molecule has 172 valence electrons. The fraction of sp³-hybridized carbons (Fsp3) is 0.241. The normalized spacial score (nSPS) is 14.7. The van der Waals surface area contributed by atoms with Gasteiger partial charge < -0.3 is 10.1 Å². The fourth-order valence-electron chi connectivity index (χ4n) is 4.42. The predicted octanol–water partition coefficient (Wildman–Crippen LogP) is 5.21. The summed E-state index contributed by atoms with van der Waals surface area (Å²) in [6.07, 6.45) is 1.92. The van der Waals surface area contributed by atoms with Gasteiger partial charge in [0, 0.05) is 36.6 Å². The summed E-state index contributed by atoms with van der Waals surface area (Å²) in [5.74, 6) is 0.621. The van der Waals surface area contributed by atoms with Crippen LogP contribution in [0.1, 0.15) is 34.5 Å². The highest BCUT2D eigenvalue weighted by molar-refractivity contribution is 5.94. The van der Waals surface area contributed by atoms with Crippen molar-refractivity contribution in [3.8, 4) is 5.75 Å². The first-order valence-corrected chi connectivity index (χ1v) is 11.9. The van der Waals surface area contributed by atoms with Crippen LogP contribution in [-0.2, 0) is 13.2 Å². The maximum atomic E-state index is 12.9. The molecule has 1 aliphatic heterocycles. The standard InChI is InChI=1S/C29H29N3O2/c33-29(31-25-15-17-32(18-16-25)20-22-7-2-1-3-8-22)24-10-6-11-27(19-24)34-21-26-14-13-23-9-4-5-12-28(23)30-26/h1-14,19,25H,15-18,20-21H2,(H,31,33). The van der Waals surface area contributed by atoms with Gasteiger partial charge in [-0.3, -0.25) is 9.69 Å². The third-order valence-corrected chi connectivity index (χ3v) is 6.31. The third-order valence-electron chi connectivity index (χ3n) is 6.31. The number of amides is 1. The first-order chi connectivity index (χ1) is 16.7. The van der Waals surface area contributed by atoms with Crippen molar-refractivity contribution in [3.63, 3.8) is 0 Å². The number of pyridine rings is 1. The smallest absolute Gasteiger partial charge is 0.251 e. The number of nitrogens with zero attached hydrogens (tertiary/aromatic N) is 2. The molecule has 3 aromatic carbocycles. The molecule has 1 N–H and O–H groups in total. The topological polar surface area (TPSA) is 54.5 Å². The van der Waals surface area contributed by atoms with Crippen molar-refractivity contribution in [1.29, 1.82) is 0 Å². The number of rotatable bonds is 7. The molecule has 0 bridgehead atoms. The molecule has 1 fully saturated rings. The second-order valence-corrected chi connectivity index (χ2v) is 8.82. The molecule has 1 aliphatic rings. The molecule has 4 aromatic rings. The number of hydrogen-bond acceptors (Lipinski definition) is 4. The van der Waals surface area contributed by atoms with Crippen molar-refractivity contribution in [2.45, 2.75) is 32.0 Å². The summed E-state index contributed by atoms with van der Waals surface area (Å²) in [7, 11) is 0. The number of likely N-dealkylation sites (tertiary alicyclic amines) is 1. The Bertz CT molecular complexity index is 1250. The second-order valence-electron chi connectivity index (χ2n) is 8.82. The van der Waals surface area contributed by atoms with Crippen molar-refractivity contribution in [3.05, 3.63) is 108 Å². The van der Waals surface area contributed by atoms with Gasteiger partial charge in [-0.1, -0.05) is 60.7 Å². The Kier molecular flexibility index (Phi) is 6.82. The number of carbonyl (C=O) groups excluding carboxylic acids is 1. The number of fused-ring (bicyclic) bond motifs is 1. The van der Waals surface area contributed by atoms with Gasteiger partial charge in [-0.15, -0.1) is 0 Å². The van der Waals surface area contributed by atoms with Crippen LogP contribution >= 0.6 is 0 Å². The minimum atomic E-state index is -0.0456. The number of nitrogens with one attached hydrogen (secondary N) is 1. The minimum absolute atomic E-state index is 0.0456. The summed E-state index contributed by atoms with van der Waals surface area (Å²) < 4.78 is 5.94. The van der Waals surface area contributed by atoms with E-state index < -0.39 is 0 Å². The maximum absolute atomic E-state index is 12.9. The van der Waals surface area contributed by atoms with Crippen molar-refractivity contribution in [1.82, 2.24) is 15.2 Å². The lowest BCUT2D eigenvalue weighted by Crippen LogP contribution is -2.44. The van der Waals surface area contributed by atoms with E-state index in [1.54, 1.807) is 6.07 Å². The van der Waals surface area contributed by atoms with Crippen LogP contribution in [0.2, 0.25) is 0 Å². The zero-order valence-corrected chi connectivity index (χ0v) is 19.2. The first kappa shape index (κ1) is 22.1. The van der Waals surface area contributed by atoms with Gasteiger partial charge in [-0.2, -0.15) is 0 Å². The number of hydrogen-bond donors (Lipinski definition) is 1. The average Bonchev–Trinajstić information content (AvgIpc) is 2.89. The van der Waals surface area contributed by atoms with Gasteiger partial charge in [0.2, 0.25) is 0 Å². The van der Waals surface area contributed by atoms with E-state index in [1.807, 2.05) is 54.6 Å². The Morgan fingerprint density at radius 3 is 2.56 bits per heavy atom. The SMILES string of the molecule is O=C(NC1CCN(Cc2ccccc2)CC1)c1cccc(OCc2ccc3ccccc3n2)c1. The summed E-state index contributed by atoms with van der Waals surface area (Å²) in [4.78, 5) is 20.0. The number of carbonyl (C=O) groups is 1. The Morgan fingerprint density at radius 2 is 1.71 bits per heavy atom. The van der Waals surface area contributed by atoms with E-state index in [9.17, 15) is 4.79 Å². The summed E-state index contributed by atoms with van der Waals surface area (Å²) in [5.41, 5.74) is 3.76. The van der Waals surface area contributed by atoms with E-state index in [4.69, 9.17) is 4.74 Å². The number of piperidine rings is 1. The van der Waals surface area contributed by atoms with Crippen LogP contribution in [-0.4, -0.2) is 34.9 Å². The number of para-hydroxylation sites is 1. The van der Waals surface area contributed by atoms with E-state index >= 15 is 0 Å². The van der Waals surface area contributed by atoms with Crippen LogP contribution in [0, 0.1) is 0 Å². The largest absolute Gasteiger partial charge is 0.487 e. The molecule has 2 heterocycles. The van der Waals surface area contributed by atoms with E-state index in [1.165, 1.54) is 5.56 Å². The molecule has 0 spiro atoms. The van der Waals surface area contributed by atoms with Crippen LogP contribution in [0.3, 0.4) is 0 Å². The van der Waals surface area contributed by atoms with Crippen molar-refractivity contribution in [2.24, 2.45) is 0 Å². The molecule has 0 atom stereocenters. The molecule has 1 saturated heterocycles. The summed E-state index contributed by atoms with van der Waals surface area (Å²) in [6, 6.07) is 30.2. The second kappa shape index (κ2) is 10.5. The van der Waals surface area contributed by atoms with Gasteiger partial charge in [0.1, 0.15) is 12.4 Å². The van der Waals surface area contributed by atoms with Crippen LogP contribution in [0.4, 0.5) is 0 Å². The lowest BCUT2D eigenvalue weighted by atomic mass is 10.0. The monoisotopic (exact) mass is 451 g/mol. The molecule has 5 heteroatoms. The molecule has 0 radical (unpaired) electrons. The maximum Gasteiger partial charge on any atom is 0.251 e.